The number of amides is 1. The monoisotopic (exact) mass is 533 g/mol. The van der Waals surface area contributed by atoms with Crippen LogP contribution in [0.4, 0.5) is 4.39 Å². The molecule has 0 unspecified atom stereocenters. The average molecular weight is 534 g/mol. The first kappa shape index (κ1) is 24.6. The molecule has 7 nitrogen and oxygen atoms in total. The van der Waals surface area contributed by atoms with Crippen molar-refractivity contribution in [3.8, 4) is 11.5 Å². The number of allylic oxidation sites excluding steroid dienone is 1. The molecule has 6 rings (SSSR count). The van der Waals surface area contributed by atoms with Gasteiger partial charge in [0.15, 0.2) is 11.4 Å². The maximum atomic E-state index is 14.9. The average Bonchev–Trinajstić information content (AvgIpc) is 3.07. The normalized spacial score (nSPS) is 20.1. The number of fused-ring (bicyclic) bond motifs is 7. The van der Waals surface area contributed by atoms with Gasteiger partial charge in [0.25, 0.3) is 5.91 Å². The van der Waals surface area contributed by atoms with Gasteiger partial charge in [-0.1, -0.05) is 36.8 Å². The smallest absolute Gasteiger partial charge is 0.277 e. The Balaban J connectivity index is 1.62. The van der Waals surface area contributed by atoms with Crippen molar-refractivity contribution in [3.05, 3.63) is 99.2 Å². The van der Waals surface area contributed by atoms with E-state index in [0.717, 1.165) is 47.3 Å². The predicted molar refractivity (Wildman–Crippen MR) is 144 cm³/mol. The van der Waals surface area contributed by atoms with Crippen LogP contribution in [0.1, 0.15) is 58.9 Å². The SMILES string of the molecule is O=C1c2c(O)c(=O)ccn2N2CN1CCCCC/C=C/COc1cc(F)cc3c1[C@H]2c1ccccc1SC3. The van der Waals surface area contributed by atoms with Crippen LogP contribution >= 0.6 is 11.8 Å². The zero-order valence-corrected chi connectivity index (χ0v) is 21.6. The number of ether oxygens (including phenoxy) is 1. The molecule has 1 N–H and O–H groups in total. The lowest BCUT2D eigenvalue weighted by Gasteiger charge is -2.44. The summed E-state index contributed by atoms with van der Waals surface area (Å²) in [6, 6.07) is 11.8. The molecular formula is C29H28FN3O4S. The molecule has 196 valence electrons. The minimum atomic E-state index is -0.605. The van der Waals surface area contributed by atoms with Gasteiger partial charge in [-0.2, -0.15) is 0 Å². The van der Waals surface area contributed by atoms with E-state index in [1.54, 1.807) is 27.4 Å². The van der Waals surface area contributed by atoms with Gasteiger partial charge < -0.3 is 14.7 Å². The maximum absolute atomic E-state index is 14.9. The van der Waals surface area contributed by atoms with E-state index in [9.17, 15) is 19.1 Å². The largest absolute Gasteiger partial charge is 0.502 e. The van der Waals surface area contributed by atoms with E-state index in [1.165, 1.54) is 18.3 Å². The Kier molecular flexibility index (Phi) is 6.61. The Hall–Kier alpha value is -3.72. The van der Waals surface area contributed by atoms with Crippen LogP contribution < -0.4 is 15.2 Å². The first-order chi connectivity index (χ1) is 18.5. The number of hydrogen-bond acceptors (Lipinski definition) is 6. The fourth-order valence-electron chi connectivity index (χ4n) is 5.49. The number of halogens is 1. The highest BCUT2D eigenvalue weighted by atomic mass is 32.2. The molecule has 3 aliphatic heterocycles. The van der Waals surface area contributed by atoms with Crippen LogP contribution in [0.15, 0.2) is 70.5 Å². The van der Waals surface area contributed by atoms with Crippen molar-refractivity contribution in [3.63, 3.8) is 0 Å². The molecule has 38 heavy (non-hydrogen) atoms. The number of nitrogens with zero attached hydrogens (tertiary/aromatic N) is 3. The number of rotatable bonds is 0. The summed E-state index contributed by atoms with van der Waals surface area (Å²) in [5.41, 5.74) is 1.92. The molecule has 1 amide bonds. The molecule has 0 saturated carbocycles. The highest BCUT2D eigenvalue weighted by molar-refractivity contribution is 7.98. The zero-order chi connectivity index (χ0) is 26.2. The number of pyridine rings is 1. The van der Waals surface area contributed by atoms with E-state index >= 15 is 0 Å². The van der Waals surface area contributed by atoms with Gasteiger partial charge in [0.1, 0.15) is 30.9 Å². The Morgan fingerprint density at radius 2 is 1.92 bits per heavy atom. The number of aromatic hydroxyl groups is 1. The van der Waals surface area contributed by atoms with Crippen molar-refractivity contribution in [1.29, 1.82) is 0 Å². The van der Waals surface area contributed by atoms with E-state index < -0.39 is 17.2 Å². The Morgan fingerprint density at radius 3 is 2.82 bits per heavy atom. The van der Waals surface area contributed by atoms with Gasteiger partial charge in [-0.15, -0.1) is 11.8 Å². The first-order valence-corrected chi connectivity index (χ1v) is 13.8. The minimum absolute atomic E-state index is 0.0600. The standard InChI is InChI=1S/C29H28FN3O4S/c30-20-15-19-17-38-24-10-6-5-9-21(24)26-25(19)23(16-20)37-14-8-4-2-1-3-7-12-31-18-33(26)32-13-11-22(34)28(35)27(32)29(31)36/h4-6,8-11,13,15-16,26,35H,1-3,7,12,14,17-18H2/b8-4+/t26-/m1/s1. The molecule has 0 radical (unpaired) electrons. The molecule has 4 heterocycles. The van der Waals surface area contributed by atoms with E-state index in [-0.39, 0.29) is 24.1 Å². The van der Waals surface area contributed by atoms with Crippen LogP contribution in [0.3, 0.4) is 0 Å². The molecule has 3 aliphatic rings. The van der Waals surface area contributed by atoms with Gasteiger partial charge in [-0.3, -0.25) is 19.3 Å². The lowest BCUT2D eigenvalue weighted by Crippen LogP contribution is -2.55. The number of aromatic nitrogens is 1. The molecule has 2 bridgehead atoms. The highest BCUT2D eigenvalue weighted by Gasteiger charge is 2.39. The molecule has 0 aliphatic carbocycles. The maximum Gasteiger partial charge on any atom is 0.277 e. The molecule has 3 aromatic rings. The molecule has 9 heteroatoms. The Morgan fingerprint density at radius 1 is 1.05 bits per heavy atom. The van der Waals surface area contributed by atoms with E-state index in [2.05, 4.69) is 6.08 Å². The summed E-state index contributed by atoms with van der Waals surface area (Å²) < 4.78 is 22.7. The molecule has 1 aromatic heterocycles. The molecule has 0 saturated heterocycles. The van der Waals surface area contributed by atoms with Crippen LogP contribution in [0, 0.1) is 5.82 Å². The van der Waals surface area contributed by atoms with Crippen LogP contribution in [-0.2, 0) is 5.75 Å². The van der Waals surface area contributed by atoms with Crippen LogP contribution in [0.2, 0.25) is 0 Å². The number of benzene rings is 2. The third kappa shape index (κ3) is 4.34. The van der Waals surface area contributed by atoms with E-state index in [0.29, 0.717) is 24.7 Å². The Bertz CT molecular complexity index is 1490. The lowest BCUT2D eigenvalue weighted by molar-refractivity contribution is 0.0676. The van der Waals surface area contributed by atoms with Crippen molar-refractivity contribution in [2.24, 2.45) is 0 Å². The zero-order valence-electron chi connectivity index (χ0n) is 20.8. The summed E-state index contributed by atoms with van der Waals surface area (Å²) in [7, 11) is 0. The lowest BCUT2D eigenvalue weighted by atomic mass is 9.93. The quantitative estimate of drug-likeness (QED) is 0.413. The summed E-state index contributed by atoms with van der Waals surface area (Å²) in [6.07, 6.45) is 9.16. The van der Waals surface area contributed by atoms with Crippen LogP contribution in [-0.4, -0.2) is 40.4 Å². The van der Waals surface area contributed by atoms with Crippen molar-refractivity contribution in [1.82, 2.24) is 9.58 Å². The summed E-state index contributed by atoms with van der Waals surface area (Å²) in [5.74, 6) is -0.333. The topological polar surface area (TPSA) is 75.0 Å². The fraction of sp³-hybridized carbons (Fsp3) is 0.310. The third-order valence-corrected chi connectivity index (χ3v) is 8.44. The van der Waals surface area contributed by atoms with Gasteiger partial charge in [-0.05, 0) is 42.5 Å². The fourth-order valence-corrected chi connectivity index (χ4v) is 6.56. The number of hydrogen-bond donors (Lipinski definition) is 1. The second kappa shape index (κ2) is 10.2. The third-order valence-electron chi connectivity index (χ3n) is 7.30. The Labute approximate surface area is 224 Å². The van der Waals surface area contributed by atoms with Gasteiger partial charge in [-0.25, -0.2) is 4.39 Å². The van der Waals surface area contributed by atoms with Gasteiger partial charge in [0.05, 0.1) is 0 Å². The summed E-state index contributed by atoms with van der Waals surface area (Å²) in [4.78, 5) is 28.7. The highest BCUT2D eigenvalue weighted by Crippen LogP contribution is 2.46. The van der Waals surface area contributed by atoms with Crippen LogP contribution in [0.25, 0.3) is 0 Å². The van der Waals surface area contributed by atoms with E-state index in [1.807, 2.05) is 35.4 Å². The molecule has 2 aromatic carbocycles. The summed E-state index contributed by atoms with van der Waals surface area (Å²) in [6.45, 7) is 1.03. The number of carbonyl (C=O) groups is 1. The van der Waals surface area contributed by atoms with Crippen molar-refractivity contribution >= 4 is 17.7 Å². The molecular weight excluding hydrogens is 505 g/mol. The van der Waals surface area contributed by atoms with Gasteiger partial charge in [0, 0.05) is 41.1 Å². The summed E-state index contributed by atoms with van der Waals surface area (Å²) >= 11 is 1.62. The van der Waals surface area contributed by atoms with Crippen molar-refractivity contribution in [2.75, 3.05) is 24.8 Å². The minimum Gasteiger partial charge on any atom is -0.502 e. The van der Waals surface area contributed by atoms with Crippen molar-refractivity contribution in [2.45, 2.75) is 42.4 Å². The van der Waals surface area contributed by atoms with Crippen molar-refractivity contribution < 1.29 is 19.0 Å². The summed E-state index contributed by atoms with van der Waals surface area (Å²) in [5, 5.41) is 12.8. The molecule has 0 spiro atoms. The first-order valence-electron chi connectivity index (χ1n) is 12.9. The second-order valence-electron chi connectivity index (χ2n) is 9.71. The van der Waals surface area contributed by atoms with Crippen LogP contribution in [0.5, 0.6) is 11.5 Å². The number of thioether (sulfide) groups is 1. The molecule has 1 atom stereocenters. The van der Waals surface area contributed by atoms with Gasteiger partial charge in [0.2, 0.25) is 5.43 Å². The number of carbonyl (C=O) groups excluding carboxylic acids is 1. The second-order valence-corrected chi connectivity index (χ2v) is 10.7. The van der Waals surface area contributed by atoms with E-state index in [4.69, 9.17) is 4.74 Å². The predicted octanol–water partition coefficient (Wildman–Crippen LogP) is 4.95. The van der Waals surface area contributed by atoms with Gasteiger partial charge >= 0.3 is 0 Å². The molecule has 0 fully saturated rings.